The first kappa shape index (κ1) is 63.8. The van der Waals surface area contributed by atoms with Gasteiger partial charge in [-0.2, -0.15) is 0 Å². The van der Waals surface area contributed by atoms with E-state index in [1.807, 2.05) is 54.6 Å². The Morgan fingerprint density at radius 2 is 1.32 bits per heavy atom. The second-order valence-electron chi connectivity index (χ2n) is 22.5. The summed E-state index contributed by atoms with van der Waals surface area (Å²) < 4.78 is -0.596. The number of ketones is 3. The first-order valence-corrected chi connectivity index (χ1v) is 31.2. The number of carbonyl (C=O) groups is 9. The molecule has 8 rings (SSSR count). The molecular weight excluding hydrogens is 1120 g/mol. The molecule has 4 aromatic carbocycles. The lowest BCUT2D eigenvalue weighted by atomic mass is 9.84. The summed E-state index contributed by atoms with van der Waals surface area (Å²) in [6.07, 6.45) is -3.38. The van der Waals surface area contributed by atoms with E-state index in [9.17, 15) is 48.9 Å². The van der Waals surface area contributed by atoms with Crippen LogP contribution in [0.25, 0.3) is 10.9 Å². The first-order chi connectivity index (χ1) is 40.9. The van der Waals surface area contributed by atoms with Crippen molar-refractivity contribution in [2.24, 2.45) is 23.7 Å². The number of hydrogen-bond acceptors (Lipinski definition) is 14. The maximum absolute atomic E-state index is 15.2. The molecule has 0 spiro atoms. The van der Waals surface area contributed by atoms with E-state index in [0.717, 1.165) is 33.4 Å². The third-order valence-electron chi connectivity index (χ3n) is 16.6. The highest BCUT2D eigenvalue weighted by molar-refractivity contribution is 8.00. The molecule has 452 valence electrons. The van der Waals surface area contributed by atoms with Crippen LogP contribution in [0.1, 0.15) is 94.4 Å². The number of H-pyrrole nitrogens is 1. The Hall–Kier alpha value is -7.17. The molecule has 85 heavy (non-hydrogen) atoms. The minimum atomic E-state index is -1.57. The number of rotatable bonds is 16. The molecule has 10 atom stereocenters. The van der Waals surface area contributed by atoms with Crippen LogP contribution in [0.15, 0.2) is 120 Å². The second kappa shape index (κ2) is 29.8. The number of aliphatic hydroxyl groups excluding tert-OH is 3. The molecule has 19 nitrogen and oxygen atoms in total. The molecule has 3 aliphatic heterocycles. The van der Waals surface area contributed by atoms with Gasteiger partial charge in [-0.05, 0) is 59.3 Å². The monoisotopic (exact) mass is 1200 g/mol. The molecule has 1 saturated heterocycles. The number of para-hydroxylation sites is 1. The smallest absolute Gasteiger partial charge is 0.243 e. The Bertz CT molecular complexity index is 3090. The number of aromatic nitrogens is 1. The molecule has 2 bridgehead atoms. The Balaban J connectivity index is 1.14. The van der Waals surface area contributed by atoms with E-state index in [-0.39, 0.29) is 37.3 Å². The van der Waals surface area contributed by atoms with E-state index in [0.29, 0.717) is 46.5 Å². The normalized spacial score (nSPS) is 23.8. The fourth-order valence-corrected chi connectivity index (χ4v) is 14.3. The number of hydrogen-bond donors (Lipinski definition) is 9. The molecule has 3 unspecified atom stereocenters. The molecule has 0 radical (unpaired) electrons. The SMILES string of the molecule is CC[C@H](C)[C@@H]1NC(=O)CNC(=O)C2CC(=O)[C@H]([C@@H](C)[C@@H](O)CO)NC(=O)[C@@H]3CC(O)CN3C(=O)[C@H](CC(=O)CCCCSC(c3ccccc3)(c3ccccc3)c3ccccc3)CC(=O)C(CSc3[nH]c4ccccc4c3C2)NC(=O)CNC1=O. The zero-order valence-electron chi connectivity index (χ0n) is 48.1. The number of unbranched alkanes of at least 4 members (excludes halogenated alkanes) is 1. The second-order valence-corrected chi connectivity index (χ2v) is 24.9. The standard InChI is InChI=1S/C64H77N7O12S2/c1-4-38(2)57-61(82)66-33-55(78)67-50-37-84-62-48(47-25-14-15-26-49(47)68-62)29-40(59(80)65-34-56(79)69-57)30-53(76)58(39(3)54(77)36-72)70-60(81)51-32-46(74)35-71(51)63(83)41(31-52(50)75)28-45(73)24-16-17-27-85-64(42-18-8-5-9-19-42,43-20-10-6-11-21-43)44-22-12-7-13-23-44/h5-15,18-23,25-26,38-41,46,50-51,54,57-58,68,72,74,77H,4,16-17,24,27-37H2,1-3H3,(H,65,80)(H,66,82)(H,67,78)(H,69,79)(H,70,81)/t38-,39-,40?,41+,46?,50?,51-,54-,57-,58-/m0/s1. The molecule has 9 N–H and O–H groups in total. The zero-order chi connectivity index (χ0) is 60.8. The van der Waals surface area contributed by atoms with Crippen molar-refractivity contribution in [3.05, 3.63) is 138 Å². The molecular formula is C64H77N7O12S2. The van der Waals surface area contributed by atoms with Crippen molar-refractivity contribution in [1.82, 2.24) is 36.5 Å². The number of fused-ring (bicyclic) bond motifs is 5. The van der Waals surface area contributed by atoms with E-state index in [1.54, 1.807) is 49.9 Å². The van der Waals surface area contributed by atoms with Crippen molar-refractivity contribution in [3.8, 4) is 0 Å². The van der Waals surface area contributed by atoms with E-state index in [1.165, 1.54) is 6.92 Å². The average Bonchev–Trinajstić information content (AvgIpc) is 4.32. The first-order valence-electron chi connectivity index (χ1n) is 29.2. The van der Waals surface area contributed by atoms with Crippen LogP contribution in [0.3, 0.4) is 0 Å². The fraction of sp³-hybridized carbons (Fsp3) is 0.453. The zero-order valence-corrected chi connectivity index (χ0v) is 49.8. The van der Waals surface area contributed by atoms with Gasteiger partial charge in [0.2, 0.25) is 35.4 Å². The number of amides is 6. The van der Waals surface area contributed by atoms with Crippen molar-refractivity contribution in [2.75, 3.05) is 37.7 Å². The minimum absolute atomic E-state index is 0.0327. The fourth-order valence-electron chi connectivity index (χ4n) is 11.6. The van der Waals surface area contributed by atoms with Crippen LogP contribution >= 0.6 is 23.5 Å². The minimum Gasteiger partial charge on any atom is -0.394 e. The van der Waals surface area contributed by atoms with Crippen LogP contribution in [0.2, 0.25) is 0 Å². The lowest BCUT2D eigenvalue weighted by Crippen LogP contribution is -2.56. The van der Waals surface area contributed by atoms with Crippen molar-refractivity contribution < 1.29 is 58.5 Å². The van der Waals surface area contributed by atoms with Gasteiger partial charge in [0.25, 0.3) is 0 Å². The summed E-state index contributed by atoms with van der Waals surface area (Å²) in [6.45, 7) is 2.56. The number of aromatic amines is 1. The number of benzene rings is 4. The molecule has 3 aliphatic rings. The quantitative estimate of drug-likeness (QED) is 0.0485. The summed E-state index contributed by atoms with van der Waals surface area (Å²) in [5, 5.41) is 46.8. The number of aliphatic hydroxyl groups is 3. The Morgan fingerprint density at radius 3 is 1.94 bits per heavy atom. The van der Waals surface area contributed by atoms with Crippen LogP contribution < -0.4 is 26.6 Å². The van der Waals surface area contributed by atoms with Crippen LogP contribution in [0.5, 0.6) is 0 Å². The third-order valence-corrected chi connectivity index (χ3v) is 19.4. The van der Waals surface area contributed by atoms with E-state index in [2.05, 4.69) is 68.0 Å². The van der Waals surface area contributed by atoms with E-state index < -0.39 is 151 Å². The number of nitrogens with zero attached hydrogens (tertiary/aromatic N) is 1. The average molecular weight is 1200 g/mol. The summed E-state index contributed by atoms with van der Waals surface area (Å²) >= 11 is 2.88. The van der Waals surface area contributed by atoms with Crippen LogP contribution in [0.4, 0.5) is 0 Å². The van der Waals surface area contributed by atoms with Gasteiger partial charge in [-0.3, -0.25) is 43.2 Å². The van der Waals surface area contributed by atoms with Gasteiger partial charge in [0.05, 0.1) is 59.7 Å². The van der Waals surface area contributed by atoms with Gasteiger partial charge in [0.15, 0.2) is 11.6 Å². The predicted molar refractivity (Wildman–Crippen MR) is 324 cm³/mol. The summed E-state index contributed by atoms with van der Waals surface area (Å²) in [5.41, 5.74) is 4.42. The summed E-state index contributed by atoms with van der Waals surface area (Å²) in [4.78, 5) is 135. The van der Waals surface area contributed by atoms with Gasteiger partial charge in [-0.1, -0.05) is 136 Å². The van der Waals surface area contributed by atoms with E-state index in [4.69, 9.17) is 0 Å². The van der Waals surface area contributed by atoms with Gasteiger partial charge >= 0.3 is 0 Å². The summed E-state index contributed by atoms with van der Waals surface area (Å²) in [5.74, 6) is -10.2. The molecule has 21 heteroatoms. The molecule has 5 aromatic rings. The maximum Gasteiger partial charge on any atom is 0.243 e. The van der Waals surface area contributed by atoms with Crippen molar-refractivity contribution in [3.63, 3.8) is 0 Å². The molecule has 0 aliphatic carbocycles. The summed E-state index contributed by atoms with van der Waals surface area (Å²) in [6, 6.07) is 32.3. The summed E-state index contributed by atoms with van der Waals surface area (Å²) in [7, 11) is 0. The topological polar surface area (TPSA) is 293 Å². The lowest BCUT2D eigenvalue weighted by Gasteiger charge is -2.35. The number of thioether (sulfide) groups is 2. The van der Waals surface area contributed by atoms with Gasteiger partial charge in [0.1, 0.15) is 17.9 Å². The highest BCUT2D eigenvalue weighted by Crippen LogP contribution is 2.49. The lowest BCUT2D eigenvalue weighted by molar-refractivity contribution is -0.145. The number of Topliss-reactive ketones (excluding diaryl/α,β-unsaturated/α-hetero) is 3. The van der Waals surface area contributed by atoms with Crippen molar-refractivity contribution in [2.45, 2.75) is 125 Å². The third kappa shape index (κ3) is 15.6. The molecule has 6 amide bonds. The van der Waals surface area contributed by atoms with Crippen molar-refractivity contribution >= 4 is 87.2 Å². The molecule has 4 heterocycles. The molecule has 1 fully saturated rings. The van der Waals surface area contributed by atoms with E-state index >= 15 is 9.59 Å². The molecule has 0 saturated carbocycles. The van der Waals surface area contributed by atoms with Gasteiger partial charge in [-0.15, -0.1) is 23.5 Å². The molecule has 1 aromatic heterocycles. The van der Waals surface area contributed by atoms with Gasteiger partial charge in [0, 0.05) is 67.1 Å². The highest BCUT2D eigenvalue weighted by Gasteiger charge is 2.45. The van der Waals surface area contributed by atoms with Gasteiger partial charge < -0.3 is 51.8 Å². The number of nitrogens with one attached hydrogen (secondary N) is 6. The maximum atomic E-state index is 15.2. The number of carbonyl (C=O) groups excluding carboxylic acids is 9. The van der Waals surface area contributed by atoms with Crippen LogP contribution in [-0.2, 0) is 54.3 Å². The predicted octanol–water partition coefficient (Wildman–Crippen LogP) is 4.52. The van der Waals surface area contributed by atoms with Crippen molar-refractivity contribution in [1.29, 1.82) is 0 Å². The Kier molecular flexibility index (Phi) is 22.4. The Labute approximate surface area is 503 Å². The van der Waals surface area contributed by atoms with Gasteiger partial charge in [-0.25, -0.2) is 0 Å². The highest BCUT2D eigenvalue weighted by atomic mass is 32.2. The largest absolute Gasteiger partial charge is 0.394 e. The van der Waals surface area contributed by atoms with Crippen LogP contribution in [0, 0.1) is 23.7 Å². The van der Waals surface area contributed by atoms with Crippen LogP contribution in [-0.4, -0.2) is 152 Å². The Morgan fingerprint density at radius 1 is 0.718 bits per heavy atom.